The number of para-hydroxylation sites is 3. The van der Waals surface area contributed by atoms with E-state index in [1.807, 2.05) is 83.8 Å². The number of furan rings is 1. The van der Waals surface area contributed by atoms with Crippen LogP contribution in [0.2, 0.25) is 0 Å². The number of aryl methyl sites for hydroxylation is 2. The molecule has 0 spiro atoms. The Labute approximate surface area is 306 Å². The van der Waals surface area contributed by atoms with E-state index in [4.69, 9.17) is 9.15 Å². The van der Waals surface area contributed by atoms with E-state index in [2.05, 4.69) is 22.8 Å². The smallest absolute Gasteiger partial charge is 0.272 e. The van der Waals surface area contributed by atoms with Crippen LogP contribution in [0.15, 0.2) is 155 Å². The number of anilines is 3. The Kier molecular flexibility index (Phi) is 10.3. The summed E-state index contributed by atoms with van der Waals surface area (Å²) in [5, 5.41) is 5.63. The molecule has 1 aliphatic rings. The summed E-state index contributed by atoms with van der Waals surface area (Å²) in [4.78, 5) is 43.3. The summed E-state index contributed by atoms with van der Waals surface area (Å²) in [6, 6.07) is 43.0. The lowest BCUT2D eigenvalue weighted by molar-refractivity contribution is -0.115. The SMILES string of the molecule is COc1ccccc1-c1ccc(/C=C(\NC(=O)c2ccccc2)C(=O)Nc2ccc(SCC(=O)N3c4ccccc4CCc4ccccc43)cc2)o1. The zero-order chi connectivity index (χ0) is 35.9. The fourth-order valence-electron chi connectivity index (χ4n) is 6.10. The number of ether oxygens (including phenoxy) is 1. The molecule has 0 radical (unpaired) electrons. The molecule has 258 valence electrons. The number of rotatable bonds is 10. The van der Waals surface area contributed by atoms with Gasteiger partial charge < -0.3 is 19.8 Å². The van der Waals surface area contributed by atoms with Crippen LogP contribution in [0.5, 0.6) is 5.75 Å². The summed E-state index contributed by atoms with van der Waals surface area (Å²) in [6.07, 6.45) is 3.23. The van der Waals surface area contributed by atoms with Gasteiger partial charge >= 0.3 is 0 Å². The highest BCUT2D eigenvalue weighted by molar-refractivity contribution is 8.00. The average molecular weight is 706 g/mol. The van der Waals surface area contributed by atoms with Crippen LogP contribution in [0.4, 0.5) is 17.1 Å². The Bertz CT molecular complexity index is 2220. The van der Waals surface area contributed by atoms with Gasteiger partial charge in [0.05, 0.1) is 29.8 Å². The lowest BCUT2D eigenvalue weighted by Gasteiger charge is -2.25. The van der Waals surface area contributed by atoms with Gasteiger partial charge in [-0.25, -0.2) is 0 Å². The Morgan fingerprint density at radius 3 is 2.08 bits per heavy atom. The molecule has 1 aromatic heterocycles. The highest BCUT2D eigenvalue weighted by Gasteiger charge is 2.25. The van der Waals surface area contributed by atoms with Crippen LogP contribution < -0.4 is 20.3 Å². The normalized spacial score (nSPS) is 12.2. The number of thioether (sulfide) groups is 1. The average Bonchev–Trinajstić information content (AvgIpc) is 3.58. The van der Waals surface area contributed by atoms with Crippen molar-refractivity contribution in [3.63, 3.8) is 0 Å². The van der Waals surface area contributed by atoms with Crippen molar-refractivity contribution in [1.82, 2.24) is 5.32 Å². The number of benzene rings is 5. The zero-order valence-electron chi connectivity index (χ0n) is 28.4. The van der Waals surface area contributed by atoms with Gasteiger partial charge in [-0.3, -0.25) is 19.3 Å². The molecule has 0 bridgehead atoms. The summed E-state index contributed by atoms with van der Waals surface area (Å²) < 4.78 is 11.5. The van der Waals surface area contributed by atoms with Gasteiger partial charge in [0.2, 0.25) is 5.91 Å². The van der Waals surface area contributed by atoms with Crippen LogP contribution in [0, 0.1) is 0 Å². The molecular weight excluding hydrogens is 671 g/mol. The van der Waals surface area contributed by atoms with Gasteiger partial charge in [0.1, 0.15) is 23.0 Å². The molecule has 3 amide bonds. The Balaban J connectivity index is 1.06. The van der Waals surface area contributed by atoms with Crippen LogP contribution in [-0.2, 0) is 22.4 Å². The maximum atomic E-state index is 13.8. The van der Waals surface area contributed by atoms with Crippen molar-refractivity contribution in [2.75, 3.05) is 23.1 Å². The Morgan fingerprint density at radius 1 is 0.750 bits per heavy atom. The third kappa shape index (κ3) is 7.70. The molecule has 0 saturated heterocycles. The first kappa shape index (κ1) is 34.1. The number of nitrogens with zero attached hydrogens (tertiary/aromatic N) is 1. The first-order valence-electron chi connectivity index (χ1n) is 16.8. The van der Waals surface area contributed by atoms with Crippen LogP contribution in [0.25, 0.3) is 17.4 Å². The summed E-state index contributed by atoms with van der Waals surface area (Å²) in [5.74, 6) is 0.802. The Morgan fingerprint density at radius 2 is 1.38 bits per heavy atom. The summed E-state index contributed by atoms with van der Waals surface area (Å²) in [6.45, 7) is 0. The monoisotopic (exact) mass is 705 g/mol. The van der Waals surface area contributed by atoms with E-state index in [0.29, 0.717) is 28.5 Å². The predicted molar refractivity (Wildman–Crippen MR) is 206 cm³/mol. The maximum absolute atomic E-state index is 13.8. The van der Waals surface area contributed by atoms with Crippen molar-refractivity contribution in [3.8, 4) is 17.1 Å². The molecule has 0 unspecified atom stereocenters. The quantitative estimate of drug-likeness (QED) is 0.109. The second-order valence-electron chi connectivity index (χ2n) is 12.0. The Hall–Kier alpha value is -6.32. The highest BCUT2D eigenvalue weighted by atomic mass is 32.2. The second kappa shape index (κ2) is 15.7. The molecule has 0 saturated carbocycles. The van der Waals surface area contributed by atoms with E-state index in [0.717, 1.165) is 45.8 Å². The van der Waals surface area contributed by atoms with Gasteiger partial charge in [0.15, 0.2) is 0 Å². The minimum Gasteiger partial charge on any atom is -0.496 e. The number of hydrogen-bond donors (Lipinski definition) is 2. The second-order valence-corrected chi connectivity index (χ2v) is 13.1. The third-order valence-electron chi connectivity index (χ3n) is 8.67. The number of hydrogen-bond acceptors (Lipinski definition) is 6. The largest absolute Gasteiger partial charge is 0.496 e. The molecule has 0 atom stereocenters. The van der Waals surface area contributed by atoms with E-state index in [1.165, 1.54) is 17.8 Å². The molecule has 7 rings (SSSR count). The van der Waals surface area contributed by atoms with Crippen molar-refractivity contribution in [2.45, 2.75) is 17.7 Å². The number of carbonyl (C=O) groups is 3. The fraction of sp³-hybridized carbons (Fsp3) is 0.0930. The summed E-state index contributed by atoms with van der Waals surface area (Å²) in [5.41, 5.74) is 5.81. The van der Waals surface area contributed by atoms with Gasteiger partial charge in [0.25, 0.3) is 11.8 Å². The van der Waals surface area contributed by atoms with Crippen LogP contribution >= 0.6 is 11.8 Å². The minimum atomic E-state index is -0.534. The van der Waals surface area contributed by atoms with E-state index in [1.54, 1.807) is 55.6 Å². The molecule has 9 heteroatoms. The highest BCUT2D eigenvalue weighted by Crippen LogP contribution is 2.37. The fourth-order valence-corrected chi connectivity index (χ4v) is 6.85. The number of nitrogens with one attached hydrogen (secondary N) is 2. The zero-order valence-corrected chi connectivity index (χ0v) is 29.2. The number of amides is 3. The molecule has 0 fully saturated rings. The molecule has 0 aliphatic carbocycles. The van der Waals surface area contributed by atoms with Crippen molar-refractivity contribution < 1.29 is 23.5 Å². The molecule has 5 aromatic carbocycles. The maximum Gasteiger partial charge on any atom is 0.272 e. The van der Waals surface area contributed by atoms with E-state index >= 15 is 0 Å². The first-order valence-corrected chi connectivity index (χ1v) is 17.8. The van der Waals surface area contributed by atoms with E-state index in [9.17, 15) is 14.4 Å². The van der Waals surface area contributed by atoms with Gasteiger partial charge in [-0.15, -0.1) is 11.8 Å². The van der Waals surface area contributed by atoms with Crippen molar-refractivity contribution >= 4 is 52.6 Å². The predicted octanol–water partition coefficient (Wildman–Crippen LogP) is 8.92. The minimum absolute atomic E-state index is 0.00293. The lowest BCUT2D eigenvalue weighted by Crippen LogP contribution is -2.30. The van der Waals surface area contributed by atoms with Crippen LogP contribution in [0.1, 0.15) is 27.2 Å². The topological polar surface area (TPSA) is 101 Å². The molecular formula is C43H35N3O5S. The van der Waals surface area contributed by atoms with Crippen molar-refractivity contribution in [3.05, 3.63) is 168 Å². The number of carbonyl (C=O) groups excluding carboxylic acids is 3. The lowest BCUT2D eigenvalue weighted by atomic mass is 10.0. The molecule has 8 nitrogen and oxygen atoms in total. The molecule has 2 heterocycles. The summed E-state index contributed by atoms with van der Waals surface area (Å²) in [7, 11) is 1.59. The van der Waals surface area contributed by atoms with E-state index in [-0.39, 0.29) is 17.4 Å². The molecule has 2 N–H and O–H groups in total. The third-order valence-corrected chi connectivity index (χ3v) is 9.66. The van der Waals surface area contributed by atoms with Crippen LogP contribution in [-0.4, -0.2) is 30.6 Å². The standard InChI is InChI=1S/C43H35N3O5S/c1-50-39-18-10-7-15-35(39)40-26-23-33(51-40)27-36(45-42(48)31-13-3-2-4-14-31)43(49)44-32-21-24-34(25-22-32)52-28-41(47)46-37-16-8-5-11-29(37)19-20-30-12-6-9-17-38(30)46/h2-18,21-27H,19-20,28H2,1H3,(H,44,49)(H,45,48)/b36-27-. The molecule has 52 heavy (non-hydrogen) atoms. The van der Waals surface area contributed by atoms with Crippen LogP contribution in [0.3, 0.4) is 0 Å². The van der Waals surface area contributed by atoms with Gasteiger partial charge in [0, 0.05) is 22.2 Å². The molecule has 6 aromatic rings. The van der Waals surface area contributed by atoms with E-state index < -0.39 is 11.8 Å². The number of fused-ring (bicyclic) bond motifs is 2. The van der Waals surface area contributed by atoms with Gasteiger partial charge in [-0.05, 0) is 96.8 Å². The summed E-state index contributed by atoms with van der Waals surface area (Å²) >= 11 is 1.43. The molecule has 1 aliphatic heterocycles. The first-order chi connectivity index (χ1) is 25.5. The van der Waals surface area contributed by atoms with Gasteiger partial charge in [-0.1, -0.05) is 66.7 Å². The van der Waals surface area contributed by atoms with Gasteiger partial charge in [-0.2, -0.15) is 0 Å². The van der Waals surface area contributed by atoms with Crippen molar-refractivity contribution in [1.29, 1.82) is 0 Å². The van der Waals surface area contributed by atoms with Crippen molar-refractivity contribution in [2.24, 2.45) is 0 Å². The number of methoxy groups -OCH3 is 1.